The van der Waals surface area contributed by atoms with Crippen molar-refractivity contribution in [1.82, 2.24) is 5.32 Å². The highest BCUT2D eigenvalue weighted by Crippen LogP contribution is 2.15. The molecule has 1 aromatic carbocycles. The number of carbonyl (C=O) groups excluding carboxylic acids is 1. The lowest BCUT2D eigenvalue weighted by atomic mass is 10.1. The number of halogens is 1. The minimum atomic E-state index is -1.32. The molecule has 98 valence electrons. The average molecular weight is 257 g/mol. The fourth-order valence-electron chi connectivity index (χ4n) is 1.31. The highest BCUT2D eigenvalue weighted by molar-refractivity contribution is 5.96. The lowest BCUT2D eigenvalue weighted by Gasteiger charge is -2.13. The number of phenols is 1. The number of hydrogen-bond donors (Lipinski definition) is 4. The molecule has 0 aliphatic carbocycles. The summed E-state index contributed by atoms with van der Waals surface area (Å²) in [5.74, 6) is -3.54. The first-order valence-corrected chi connectivity index (χ1v) is 5.08. The molecule has 18 heavy (non-hydrogen) atoms. The molecule has 1 aromatic rings. The molecule has 0 heterocycles. The van der Waals surface area contributed by atoms with Crippen molar-refractivity contribution in [1.29, 1.82) is 0 Å². The number of amides is 1. The van der Waals surface area contributed by atoms with Gasteiger partial charge in [-0.3, -0.25) is 4.79 Å². The van der Waals surface area contributed by atoms with Crippen LogP contribution >= 0.6 is 0 Å². The van der Waals surface area contributed by atoms with Gasteiger partial charge >= 0.3 is 5.97 Å². The van der Waals surface area contributed by atoms with E-state index in [1.165, 1.54) is 0 Å². The van der Waals surface area contributed by atoms with Crippen molar-refractivity contribution in [2.45, 2.75) is 12.5 Å². The van der Waals surface area contributed by atoms with Crippen molar-refractivity contribution in [3.8, 4) is 5.75 Å². The average Bonchev–Trinajstić information content (AvgIpc) is 2.27. The maximum atomic E-state index is 13.3. The predicted molar refractivity (Wildman–Crippen MR) is 58.7 cm³/mol. The Morgan fingerprint density at radius 3 is 2.56 bits per heavy atom. The Morgan fingerprint density at radius 2 is 2.06 bits per heavy atom. The van der Waals surface area contributed by atoms with Gasteiger partial charge in [0.25, 0.3) is 5.91 Å². The van der Waals surface area contributed by atoms with E-state index in [2.05, 4.69) is 5.32 Å². The summed E-state index contributed by atoms with van der Waals surface area (Å²) in [6, 6.07) is 1.60. The topological polar surface area (TPSA) is 107 Å². The normalized spacial score (nSPS) is 11.9. The molecule has 0 saturated carbocycles. The van der Waals surface area contributed by atoms with Gasteiger partial charge < -0.3 is 20.6 Å². The molecule has 0 saturated heterocycles. The van der Waals surface area contributed by atoms with Crippen molar-refractivity contribution in [3.05, 3.63) is 29.6 Å². The van der Waals surface area contributed by atoms with Crippen LogP contribution in [0.3, 0.4) is 0 Å². The van der Waals surface area contributed by atoms with Crippen LogP contribution in [-0.2, 0) is 4.79 Å². The van der Waals surface area contributed by atoms with Crippen LogP contribution < -0.4 is 5.32 Å². The number of carboxylic acids is 1. The van der Waals surface area contributed by atoms with E-state index >= 15 is 0 Å². The zero-order chi connectivity index (χ0) is 13.7. The molecule has 0 aliphatic rings. The smallest absolute Gasteiger partial charge is 0.326 e. The molecule has 1 amide bonds. The minimum absolute atomic E-state index is 0.180. The number of phenolic OH excluding ortho intramolecular Hbond substituents is 1. The largest absolute Gasteiger partial charge is 0.508 e. The number of rotatable bonds is 5. The number of hydrogen-bond acceptors (Lipinski definition) is 4. The van der Waals surface area contributed by atoms with Gasteiger partial charge in [0.2, 0.25) is 0 Å². The Bertz CT molecular complexity index is 463. The Hall–Kier alpha value is -2.15. The van der Waals surface area contributed by atoms with E-state index in [4.69, 9.17) is 15.3 Å². The molecular weight excluding hydrogens is 245 g/mol. The van der Waals surface area contributed by atoms with Gasteiger partial charge in [-0.1, -0.05) is 0 Å². The van der Waals surface area contributed by atoms with Crippen LogP contribution in [0.5, 0.6) is 5.75 Å². The Labute approximate surface area is 102 Å². The van der Waals surface area contributed by atoms with Gasteiger partial charge in [-0.25, -0.2) is 9.18 Å². The zero-order valence-corrected chi connectivity index (χ0v) is 9.26. The summed E-state index contributed by atoms with van der Waals surface area (Å²) in [7, 11) is 0. The lowest BCUT2D eigenvalue weighted by molar-refractivity contribution is -0.139. The Morgan fingerprint density at radius 1 is 1.39 bits per heavy atom. The van der Waals surface area contributed by atoms with Crippen molar-refractivity contribution in [2.75, 3.05) is 6.61 Å². The number of carboxylic acid groups (broad SMARTS) is 1. The SMILES string of the molecule is O=C(N[C@@H](CCO)C(=O)O)c1ccc(O)cc1F. The number of aliphatic carboxylic acids is 1. The van der Waals surface area contributed by atoms with Gasteiger partial charge in [-0.2, -0.15) is 0 Å². The molecule has 0 fully saturated rings. The van der Waals surface area contributed by atoms with Crippen LogP contribution in [0.25, 0.3) is 0 Å². The van der Waals surface area contributed by atoms with Gasteiger partial charge in [0, 0.05) is 19.1 Å². The van der Waals surface area contributed by atoms with E-state index in [1.54, 1.807) is 0 Å². The number of carbonyl (C=O) groups is 2. The quantitative estimate of drug-likeness (QED) is 0.598. The third-order valence-electron chi connectivity index (χ3n) is 2.22. The first kappa shape index (κ1) is 13.9. The molecule has 7 heteroatoms. The monoisotopic (exact) mass is 257 g/mol. The van der Waals surface area contributed by atoms with Crippen LogP contribution in [0.1, 0.15) is 16.8 Å². The zero-order valence-electron chi connectivity index (χ0n) is 9.26. The molecule has 6 nitrogen and oxygen atoms in total. The first-order valence-electron chi connectivity index (χ1n) is 5.08. The van der Waals surface area contributed by atoms with Crippen molar-refractivity contribution in [2.24, 2.45) is 0 Å². The molecule has 0 unspecified atom stereocenters. The van der Waals surface area contributed by atoms with Gasteiger partial charge in [0.05, 0.1) is 5.56 Å². The van der Waals surface area contributed by atoms with E-state index < -0.39 is 30.3 Å². The van der Waals surface area contributed by atoms with Crippen LogP contribution in [-0.4, -0.2) is 39.8 Å². The fourth-order valence-corrected chi connectivity index (χ4v) is 1.31. The van der Waals surface area contributed by atoms with Crippen LogP contribution in [0.15, 0.2) is 18.2 Å². The van der Waals surface area contributed by atoms with Crippen molar-refractivity contribution < 1.29 is 29.3 Å². The summed E-state index contributed by atoms with van der Waals surface area (Å²) < 4.78 is 13.3. The van der Waals surface area contributed by atoms with Crippen LogP contribution in [0.2, 0.25) is 0 Å². The molecule has 4 N–H and O–H groups in total. The standard InChI is InChI=1S/C11H12FNO5/c12-8-5-6(15)1-2-7(8)10(16)13-9(3-4-14)11(17)18/h1-2,5,9,14-15H,3-4H2,(H,13,16)(H,17,18)/t9-/m0/s1. The van der Waals surface area contributed by atoms with Crippen LogP contribution in [0, 0.1) is 5.82 Å². The summed E-state index contributed by atoms with van der Waals surface area (Å²) in [5.41, 5.74) is -0.378. The number of benzene rings is 1. The van der Waals surface area contributed by atoms with E-state index in [0.29, 0.717) is 0 Å². The fraction of sp³-hybridized carbons (Fsp3) is 0.273. The van der Waals surface area contributed by atoms with E-state index in [0.717, 1.165) is 18.2 Å². The number of aromatic hydroxyl groups is 1. The third-order valence-corrected chi connectivity index (χ3v) is 2.22. The number of nitrogens with one attached hydrogen (secondary N) is 1. The third kappa shape index (κ3) is 3.42. The molecule has 0 radical (unpaired) electrons. The second-order valence-electron chi connectivity index (χ2n) is 3.54. The van der Waals surface area contributed by atoms with Gasteiger partial charge in [0.15, 0.2) is 0 Å². The molecule has 1 atom stereocenters. The molecule has 0 aliphatic heterocycles. The molecular formula is C11H12FNO5. The van der Waals surface area contributed by atoms with E-state index in [9.17, 15) is 14.0 Å². The van der Waals surface area contributed by atoms with Gasteiger partial charge in [-0.15, -0.1) is 0 Å². The predicted octanol–water partition coefficient (Wildman–Crippen LogP) is 0.0967. The molecule has 1 rings (SSSR count). The molecule has 0 aromatic heterocycles. The Balaban J connectivity index is 2.83. The summed E-state index contributed by atoms with van der Waals surface area (Å²) in [5, 5.41) is 28.4. The maximum Gasteiger partial charge on any atom is 0.326 e. The number of aliphatic hydroxyl groups is 1. The summed E-state index contributed by atoms with van der Waals surface area (Å²) >= 11 is 0. The first-order chi connectivity index (χ1) is 8.45. The second kappa shape index (κ2) is 5.97. The minimum Gasteiger partial charge on any atom is -0.508 e. The lowest BCUT2D eigenvalue weighted by Crippen LogP contribution is -2.41. The highest BCUT2D eigenvalue weighted by atomic mass is 19.1. The second-order valence-corrected chi connectivity index (χ2v) is 3.54. The number of aliphatic hydroxyl groups excluding tert-OH is 1. The Kier molecular flexibility index (Phi) is 4.61. The highest BCUT2D eigenvalue weighted by Gasteiger charge is 2.21. The van der Waals surface area contributed by atoms with Crippen molar-refractivity contribution >= 4 is 11.9 Å². The summed E-state index contributed by atoms with van der Waals surface area (Å²) in [6.07, 6.45) is -0.180. The summed E-state index contributed by atoms with van der Waals surface area (Å²) in [4.78, 5) is 22.3. The van der Waals surface area contributed by atoms with Crippen molar-refractivity contribution in [3.63, 3.8) is 0 Å². The van der Waals surface area contributed by atoms with E-state index in [1.807, 2.05) is 0 Å². The molecule has 0 bridgehead atoms. The molecule has 0 spiro atoms. The van der Waals surface area contributed by atoms with Gasteiger partial charge in [-0.05, 0) is 12.1 Å². The van der Waals surface area contributed by atoms with Gasteiger partial charge in [0.1, 0.15) is 17.6 Å². The van der Waals surface area contributed by atoms with Crippen LogP contribution in [0.4, 0.5) is 4.39 Å². The van der Waals surface area contributed by atoms with E-state index in [-0.39, 0.29) is 17.7 Å². The maximum absolute atomic E-state index is 13.3. The summed E-state index contributed by atoms with van der Waals surface area (Å²) in [6.45, 7) is -0.421.